The lowest BCUT2D eigenvalue weighted by Gasteiger charge is -2.17. The van der Waals surface area contributed by atoms with Crippen LogP contribution in [0.25, 0.3) is 0 Å². The highest BCUT2D eigenvalue weighted by Crippen LogP contribution is 2.27. The number of halogens is 1. The fraction of sp³-hybridized carbons (Fsp3) is 0.500. The van der Waals surface area contributed by atoms with E-state index in [1.807, 2.05) is 26.8 Å². The van der Waals surface area contributed by atoms with Crippen LogP contribution in [0.5, 0.6) is 0 Å². The zero-order chi connectivity index (χ0) is 15.1. The van der Waals surface area contributed by atoms with Crippen molar-refractivity contribution in [3.05, 3.63) is 34.6 Å². The molecule has 0 fully saturated rings. The lowest BCUT2D eigenvalue weighted by Crippen LogP contribution is -2.83. The van der Waals surface area contributed by atoms with E-state index >= 15 is 0 Å². The second kappa shape index (κ2) is 4.59. The fourth-order valence-electron chi connectivity index (χ4n) is 2.22. The smallest absolute Gasteiger partial charge is 0.372 e. The number of nitrogens with one attached hydrogen (secondary N) is 1. The van der Waals surface area contributed by atoms with Gasteiger partial charge in [-0.15, -0.1) is 0 Å². The number of ether oxygens (including phenoxy) is 1. The molecule has 0 unspecified atom stereocenters. The molecule has 0 saturated carbocycles. The molecular weight excluding hydrogens is 255 g/mol. The van der Waals surface area contributed by atoms with Gasteiger partial charge in [-0.1, -0.05) is 6.07 Å². The van der Waals surface area contributed by atoms with Crippen molar-refractivity contribution >= 4 is 5.90 Å². The highest BCUT2D eigenvalue weighted by molar-refractivity contribution is 5.92. The normalized spacial score (nSPS) is 17.4. The highest BCUT2D eigenvalue weighted by atomic mass is 19.1. The summed E-state index contributed by atoms with van der Waals surface area (Å²) in [5, 5.41) is 9.16. The van der Waals surface area contributed by atoms with Gasteiger partial charge in [-0.05, 0) is 38.0 Å². The number of aryl methyl sites for hydroxylation is 1. The van der Waals surface area contributed by atoms with Crippen LogP contribution in [0.2, 0.25) is 0 Å². The van der Waals surface area contributed by atoms with Crippen molar-refractivity contribution in [2.75, 3.05) is 6.61 Å². The van der Waals surface area contributed by atoms with E-state index in [1.165, 1.54) is 6.07 Å². The van der Waals surface area contributed by atoms with Crippen LogP contribution in [0.15, 0.2) is 12.1 Å². The molecule has 4 heteroatoms. The first-order chi connectivity index (χ1) is 9.16. The summed E-state index contributed by atoms with van der Waals surface area (Å²) >= 11 is 0. The maximum atomic E-state index is 14.4. The molecule has 2 rings (SSSR count). The van der Waals surface area contributed by atoms with Gasteiger partial charge in [-0.3, -0.25) is 0 Å². The first-order valence-electron chi connectivity index (χ1n) is 6.66. The monoisotopic (exact) mass is 275 g/mol. The van der Waals surface area contributed by atoms with Gasteiger partial charge in [0.15, 0.2) is 12.1 Å². The number of hydrogen-bond donors (Lipinski definition) is 1. The summed E-state index contributed by atoms with van der Waals surface area (Å²) in [5.41, 5.74) is 0.991. The molecule has 1 aromatic carbocycles. The molecule has 20 heavy (non-hydrogen) atoms. The van der Waals surface area contributed by atoms with Crippen molar-refractivity contribution in [2.45, 2.75) is 45.6 Å². The molecule has 0 saturated heterocycles. The first kappa shape index (κ1) is 14.5. The summed E-state index contributed by atoms with van der Waals surface area (Å²) in [5.74, 6) is 0.120. The molecule has 1 heterocycles. The molecule has 1 aliphatic rings. The summed E-state index contributed by atoms with van der Waals surface area (Å²) in [7, 11) is 0. The molecule has 1 aliphatic heterocycles. The zero-order valence-electron chi connectivity index (χ0n) is 12.6. The summed E-state index contributed by atoms with van der Waals surface area (Å²) in [6, 6.07) is 5.47. The molecule has 1 aromatic rings. The van der Waals surface area contributed by atoms with Crippen molar-refractivity contribution in [1.29, 1.82) is 5.26 Å². The Hall–Kier alpha value is -1.89. The summed E-state index contributed by atoms with van der Waals surface area (Å²) in [6.45, 7) is 9.90. The van der Waals surface area contributed by atoms with E-state index in [0.717, 1.165) is 5.56 Å². The number of benzene rings is 1. The van der Waals surface area contributed by atoms with E-state index in [0.29, 0.717) is 23.6 Å². The van der Waals surface area contributed by atoms with Gasteiger partial charge < -0.3 is 4.74 Å². The minimum absolute atomic E-state index is 0.196. The van der Waals surface area contributed by atoms with Crippen molar-refractivity contribution < 1.29 is 14.1 Å². The Morgan fingerprint density at radius 3 is 2.50 bits per heavy atom. The van der Waals surface area contributed by atoms with E-state index in [-0.39, 0.29) is 11.4 Å². The van der Waals surface area contributed by atoms with E-state index < -0.39 is 5.41 Å². The largest absolute Gasteiger partial charge is 0.437 e. The molecule has 0 spiro atoms. The maximum Gasteiger partial charge on any atom is 0.372 e. The summed E-state index contributed by atoms with van der Waals surface area (Å²) in [4.78, 5) is 3.19. The Bertz CT molecular complexity index is 601. The third-order valence-electron chi connectivity index (χ3n) is 3.54. The fourth-order valence-corrected chi connectivity index (χ4v) is 2.22. The summed E-state index contributed by atoms with van der Waals surface area (Å²) in [6.07, 6.45) is 0. The molecule has 1 N–H and O–H groups in total. The average molecular weight is 275 g/mol. The standard InChI is InChI=1S/C16H19FN2O/c1-10-6-11(15(2,3)8-18)7-12(17)13(10)14-19-16(4,5)9-20-14/h6-7H,9H2,1-5H3/p+1. The van der Waals surface area contributed by atoms with Crippen LogP contribution in [0.3, 0.4) is 0 Å². The maximum absolute atomic E-state index is 14.4. The van der Waals surface area contributed by atoms with Crippen LogP contribution in [-0.4, -0.2) is 18.0 Å². The zero-order valence-corrected chi connectivity index (χ0v) is 12.6. The molecule has 0 amide bonds. The van der Waals surface area contributed by atoms with Crippen LogP contribution in [-0.2, 0) is 10.2 Å². The van der Waals surface area contributed by atoms with Gasteiger partial charge in [-0.2, -0.15) is 5.26 Å². The molecule has 3 nitrogen and oxygen atoms in total. The predicted octanol–water partition coefficient (Wildman–Crippen LogP) is 1.57. The van der Waals surface area contributed by atoms with Crippen molar-refractivity contribution in [3.8, 4) is 6.07 Å². The van der Waals surface area contributed by atoms with Gasteiger partial charge >= 0.3 is 5.90 Å². The van der Waals surface area contributed by atoms with Crippen LogP contribution in [0.1, 0.15) is 44.4 Å². The number of nitriles is 1. The molecular formula is C16H20FN2O+. The van der Waals surface area contributed by atoms with E-state index in [9.17, 15) is 4.39 Å². The van der Waals surface area contributed by atoms with Gasteiger partial charge in [0.1, 0.15) is 11.4 Å². The van der Waals surface area contributed by atoms with E-state index in [4.69, 9.17) is 10.00 Å². The number of nitrogens with zero attached hydrogens (tertiary/aromatic N) is 1. The van der Waals surface area contributed by atoms with Gasteiger partial charge in [-0.25, -0.2) is 9.38 Å². The minimum Gasteiger partial charge on any atom is -0.437 e. The first-order valence-corrected chi connectivity index (χ1v) is 6.66. The second-order valence-electron chi connectivity index (χ2n) is 6.51. The SMILES string of the molecule is Cc1cc(C(C)(C)C#N)cc(F)c1C1=[NH+]C(C)(C)CO1. The van der Waals surface area contributed by atoms with Crippen molar-refractivity contribution in [3.63, 3.8) is 0 Å². The highest BCUT2D eigenvalue weighted by Gasteiger charge is 2.37. The van der Waals surface area contributed by atoms with Crippen LogP contribution in [0, 0.1) is 24.1 Å². The molecule has 0 bridgehead atoms. The lowest BCUT2D eigenvalue weighted by atomic mass is 9.84. The lowest BCUT2D eigenvalue weighted by molar-refractivity contribution is -0.530. The second-order valence-corrected chi connectivity index (χ2v) is 6.51. The topological polar surface area (TPSA) is 47.0 Å². The quantitative estimate of drug-likeness (QED) is 0.890. The van der Waals surface area contributed by atoms with Crippen LogP contribution < -0.4 is 4.99 Å². The van der Waals surface area contributed by atoms with Crippen molar-refractivity contribution in [1.82, 2.24) is 0 Å². The number of rotatable bonds is 2. The predicted molar refractivity (Wildman–Crippen MR) is 74.9 cm³/mol. The Balaban J connectivity index is 2.52. The van der Waals surface area contributed by atoms with Gasteiger partial charge in [0.25, 0.3) is 0 Å². The molecule has 0 atom stereocenters. The van der Waals surface area contributed by atoms with Gasteiger partial charge in [0, 0.05) is 13.8 Å². The van der Waals surface area contributed by atoms with E-state index in [1.54, 1.807) is 13.8 Å². The van der Waals surface area contributed by atoms with Crippen molar-refractivity contribution in [2.24, 2.45) is 0 Å². The molecule has 0 aromatic heterocycles. The Morgan fingerprint density at radius 2 is 2.05 bits per heavy atom. The average Bonchev–Trinajstić information content (AvgIpc) is 2.68. The van der Waals surface area contributed by atoms with Crippen LogP contribution >= 0.6 is 0 Å². The van der Waals surface area contributed by atoms with E-state index in [2.05, 4.69) is 11.1 Å². The third kappa shape index (κ3) is 2.53. The molecule has 0 aliphatic carbocycles. The number of hydrogen-bond acceptors (Lipinski definition) is 2. The van der Waals surface area contributed by atoms with Crippen LogP contribution in [0.4, 0.5) is 4.39 Å². The third-order valence-corrected chi connectivity index (χ3v) is 3.54. The molecule has 106 valence electrons. The Kier molecular flexibility index (Phi) is 3.33. The Labute approximate surface area is 119 Å². The minimum atomic E-state index is -0.710. The van der Waals surface area contributed by atoms with Gasteiger partial charge in [0.05, 0.1) is 11.5 Å². The Morgan fingerprint density at radius 1 is 1.40 bits per heavy atom. The van der Waals surface area contributed by atoms with Gasteiger partial charge in [0.2, 0.25) is 0 Å². The summed E-state index contributed by atoms with van der Waals surface area (Å²) < 4.78 is 20.0. The molecule has 0 radical (unpaired) electrons.